The summed E-state index contributed by atoms with van der Waals surface area (Å²) in [6, 6.07) is 5.38. The van der Waals surface area contributed by atoms with Gasteiger partial charge in [-0.1, -0.05) is 29.3 Å². The molecule has 1 N–H and O–H groups in total. The van der Waals surface area contributed by atoms with E-state index < -0.39 is 0 Å². The fraction of sp³-hybridized carbons (Fsp3) is 0.500. The normalized spacial score (nSPS) is 15.5. The number of rotatable bonds is 7. The van der Waals surface area contributed by atoms with Crippen LogP contribution in [-0.2, 0) is 16.0 Å². The smallest absolute Gasteiger partial charge is 0.221 e. The minimum absolute atomic E-state index is 0.0351. The summed E-state index contributed by atoms with van der Waals surface area (Å²) in [7, 11) is 0. The Morgan fingerprint density at radius 3 is 2.61 bits per heavy atom. The summed E-state index contributed by atoms with van der Waals surface area (Å²) < 4.78 is 0. The van der Waals surface area contributed by atoms with Crippen LogP contribution in [0.1, 0.15) is 12.0 Å². The van der Waals surface area contributed by atoms with Crippen molar-refractivity contribution in [3.8, 4) is 0 Å². The summed E-state index contributed by atoms with van der Waals surface area (Å²) >= 11 is 12.0. The predicted octanol–water partition coefficient (Wildman–Crippen LogP) is 1.82. The molecule has 0 bridgehead atoms. The first-order valence-electron chi connectivity index (χ1n) is 7.71. The highest BCUT2D eigenvalue weighted by Crippen LogP contribution is 2.21. The molecule has 1 aliphatic heterocycles. The maximum absolute atomic E-state index is 11.9. The Balaban J connectivity index is 1.63. The Kier molecular flexibility index (Phi) is 7.15. The molecule has 1 fully saturated rings. The number of amides is 2. The second-order valence-corrected chi connectivity index (χ2v) is 6.41. The van der Waals surface area contributed by atoms with Crippen LogP contribution in [0.25, 0.3) is 0 Å². The molecule has 2 amide bonds. The van der Waals surface area contributed by atoms with Crippen LogP contribution in [0.5, 0.6) is 0 Å². The monoisotopic (exact) mass is 357 g/mol. The van der Waals surface area contributed by atoms with Crippen molar-refractivity contribution >= 4 is 35.5 Å². The summed E-state index contributed by atoms with van der Waals surface area (Å²) in [5.41, 5.74) is 0.973. The van der Waals surface area contributed by atoms with Gasteiger partial charge in [-0.2, -0.15) is 0 Å². The Bertz CT molecular complexity index is 546. The number of nitrogens with one attached hydrogen (secondary N) is 1. The van der Waals surface area contributed by atoms with Crippen molar-refractivity contribution in [2.75, 3.05) is 39.3 Å². The predicted molar refractivity (Wildman–Crippen MR) is 91.9 cm³/mol. The fourth-order valence-electron chi connectivity index (χ4n) is 2.50. The highest BCUT2D eigenvalue weighted by molar-refractivity contribution is 6.35. The molecule has 5 nitrogen and oxygen atoms in total. The summed E-state index contributed by atoms with van der Waals surface area (Å²) in [6.07, 6.45) is 2.03. The van der Waals surface area contributed by atoms with Gasteiger partial charge in [0.15, 0.2) is 0 Å². The molecule has 0 aliphatic carbocycles. The second-order valence-electron chi connectivity index (χ2n) is 5.57. The highest BCUT2D eigenvalue weighted by atomic mass is 35.5. The molecule has 0 unspecified atom stereocenters. The maximum atomic E-state index is 11.9. The van der Waals surface area contributed by atoms with Crippen LogP contribution in [0.15, 0.2) is 18.2 Å². The molecule has 0 saturated carbocycles. The van der Waals surface area contributed by atoms with Crippen molar-refractivity contribution in [1.29, 1.82) is 0 Å². The molecule has 0 atom stereocenters. The number of carbonyl (C=O) groups is 2. The number of hydrogen-bond donors (Lipinski definition) is 1. The minimum atomic E-state index is 0.0351. The van der Waals surface area contributed by atoms with Crippen molar-refractivity contribution in [3.05, 3.63) is 33.8 Å². The molecule has 2 rings (SSSR count). The van der Waals surface area contributed by atoms with Gasteiger partial charge in [-0.25, -0.2) is 0 Å². The Labute approximate surface area is 146 Å². The highest BCUT2D eigenvalue weighted by Gasteiger charge is 2.15. The molecular weight excluding hydrogens is 337 g/mol. The van der Waals surface area contributed by atoms with Gasteiger partial charge < -0.3 is 10.2 Å². The fourth-order valence-corrected chi connectivity index (χ4v) is 3.00. The van der Waals surface area contributed by atoms with E-state index in [1.807, 2.05) is 6.07 Å². The molecule has 126 valence electrons. The number of hydrogen-bond acceptors (Lipinski definition) is 3. The van der Waals surface area contributed by atoms with Crippen molar-refractivity contribution in [3.63, 3.8) is 0 Å². The van der Waals surface area contributed by atoms with Crippen molar-refractivity contribution in [2.24, 2.45) is 0 Å². The van der Waals surface area contributed by atoms with E-state index in [0.717, 1.165) is 44.7 Å². The van der Waals surface area contributed by atoms with Crippen LogP contribution < -0.4 is 5.32 Å². The van der Waals surface area contributed by atoms with Gasteiger partial charge in [-0.05, 0) is 24.1 Å². The van der Waals surface area contributed by atoms with Gasteiger partial charge in [0.1, 0.15) is 0 Å². The Hall–Kier alpha value is -1.30. The lowest BCUT2D eigenvalue weighted by Crippen LogP contribution is -2.46. The molecule has 0 spiro atoms. The molecule has 0 radical (unpaired) electrons. The third kappa shape index (κ3) is 6.01. The average Bonchev–Trinajstić information content (AvgIpc) is 2.55. The number of carbonyl (C=O) groups excluding carboxylic acids is 2. The van der Waals surface area contributed by atoms with Crippen molar-refractivity contribution < 1.29 is 9.59 Å². The average molecular weight is 358 g/mol. The second kappa shape index (κ2) is 9.11. The third-order valence-electron chi connectivity index (χ3n) is 3.94. The van der Waals surface area contributed by atoms with Gasteiger partial charge in [-0.15, -0.1) is 0 Å². The largest absolute Gasteiger partial charge is 0.356 e. The molecule has 1 aromatic carbocycles. The summed E-state index contributed by atoms with van der Waals surface area (Å²) in [4.78, 5) is 26.5. The van der Waals surface area contributed by atoms with Crippen LogP contribution >= 0.6 is 23.2 Å². The van der Waals surface area contributed by atoms with Crippen molar-refractivity contribution in [2.45, 2.75) is 12.8 Å². The van der Waals surface area contributed by atoms with E-state index in [4.69, 9.17) is 23.2 Å². The van der Waals surface area contributed by atoms with Crippen LogP contribution in [-0.4, -0.2) is 61.4 Å². The first-order valence-corrected chi connectivity index (χ1v) is 8.46. The van der Waals surface area contributed by atoms with Crippen LogP contribution in [0, 0.1) is 0 Å². The quantitative estimate of drug-likeness (QED) is 0.757. The molecule has 1 heterocycles. The van der Waals surface area contributed by atoms with E-state index in [0.29, 0.717) is 29.4 Å². The van der Waals surface area contributed by atoms with E-state index in [1.54, 1.807) is 17.0 Å². The zero-order chi connectivity index (χ0) is 16.7. The Morgan fingerprint density at radius 1 is 1.22 bits per heavy atom. The lowest BCUT2D eigenvalue weighted by Gasteiger charge is -2.32. The lowest BCUT2D eigenvalue weighted by molar-refractivity contribution is -0.122. The van der Waals surface area contributed by atoms with Gasteiger partial charge in [0.25, 0.3) is 0 Å². The van der Waals surface area contributed by atoms with Crippen molar-refractivity contribution in [1.82, 2.24) is 15.1 Å². The van der Waals surface area contributed by atoms with Crippen LogP contribution in [0.3, 0.4) is 0 Å². The van der Waals surface area contributed by atoms with Crippen LogP contribution in [0.4, 0.5) is 0 Å². The number of piperazine rings is 1. The SMILES string of the molecule is O=CN1CCN(CCC(=O)NCCc2ccc(Cl)cc2Cl)CC1. The number of nitrogens with zero attached hydrogens (tertiary/aromatic N) is 2. The molecular formula is C16H21Cl2N3O2. The Morgan fingerprint density at radius 2 is 1.96 bits per heavy atom. The van der Waals surface area contributed by atoms with E-state index in [2.05, 4.69) is 10.2 Å². The standard InChI is InChI=1S/C16H21Cl2N3O2/c17-14-2-1-13(15(18)11-14)3-5-19-16(23)4-6-20-7-9-21(12-22)10-8-20/h1-2,11-12H,3-10H2,(H,19,23). The lowest BCUT2D eigenvalue weighted by atomic mass is 10.1. The van der Waals surface area contributed by atoms with Gasteiger partial charge in [-0.3, -0.25) is 14.5 Å². The zero-order valence-corrected chi connectivity index (χ0v) is 14.4. The van der Waals surface area contributed by atoms with E-state index in [-0.39, 0.29) is 5.91 Å². The number of halogens is 2. The van der Waals surface area contributed by atoms with Gasteiger partial charge in [0, 0.05) is 55.7 Å². The molecule has 7 heteroatoms. The van der Waals surface area contributed by atoms with E-state index >= 15 is 0 Å². The summed E-state index contributed by atoms with van der Waals surface area (Å²) in [5, 5.41) is 4.14. The van der Waals surface area contributed by atoms with E-state index in [1.165, 1.54) is 0 Å². The molecule has 1 aliphatic rings. The molecule has 1 aromatic rings. The molecule has 23 heavy (non-hydrogen) atoms. The maximum Gasteiger partial charge on any atom is 0.221 e. The summed E-state index contributed by atoms with van der Waals surface area (Å²) in [6.45, 7) is 4.40. The topological polar surface area (TPSA) is 52.7 Å². The molecule has 0 aromatic heterocycles. The third-order valence-corrected chi connectivity index (χ3v) is 4.53. The first-order chi connectivity index (χ1) is 11.1. The van der Waals surface area contributed by atoms with Gasteiger partial charge >= 0.3 is 0 Å². The van der Waals surface area contributed by atoms with Gasteiger partial charge in [0.2, 0.25) is 12.3 Å². The first kappa shape index (κ1) is 18.0. The minimum Gasteiger partial charge on any atom is -0.356 e. The zero-order valence-electron chi connectivity index (χ0n) is 12.9. The molecule has 1 saturated heterocycles. The van der Waals surface area contributed by atoms with Gasteiger partial charge in [0.05, 0.1) is 0 Å². The summed E-state index contributed by atoms with van der Waals surface area (Å²) in [5.74, 6) is 0.0351. The number of benzene rings is 1. The van der Waals surface area contributed by atoms with Crippen LogP contribution in [0.2, 0.25) is 10.0 Å². The van der Waals surface area contributed by atoms with E-state index in [9.17, 15) is 9.59 Å².